The van der Waals surface area contributed by atoms with Crippen LogP contribution in [0.3, 0.4) is 0 Å². The predicted molar refractivity (Wildman–Crippen MR) is 92.3 cm³/mol. The van der Waals surface area contributed by atoms with Gasteiger partial charge < -0.3 is 4.74 Å². The van der Waals surface area contributed by atoms with E-state index in [4.69, 9.17) is 10.00 Å². The molecule has 0 bridgehead atoms. The van der Waals surface area contributed by atoms with Crippen LogP contribution in [0.15, 0.2) is 60.7 Å². The van der Waals surface area contributed by atoms with Crippen LogP contribution >= 0.6 is 0 Å². The van der Waals surface area contributed by atoms with Gasteiger partial charge in [-0.25, -0.2) is 9.69 Å². The van der Waals surface area contributed by atoms with Crippen molar-refractivity contribution in [1.29, 1.82) is 5.26 Å². The molecule has 5 heteroatoms. The summed E-state index contributed by atoms with van der Waals surface area (Å²) in [6.45, 7) is 0.199. The Morgan fingerprint density at radius 3 is 2.60 bits per heavy atom. The van der Waals surface area contributed by atoms with Gasteiger partial charge in [-0.15, -0.1) is 0 Å². The van der Waals surface area contributed by atoms with E-state index in [1.165, 1.54) is 6.08 Å². The highest BCUT2D eigenvalue weighted by Gasteiger charge is 2.36. The van der Waals surface area contributed by atoms with Crippen LogP contribution in [-0.2, 0) is 16.0 Å². The summed E-state index contributed by atoms with van der Waals surface area (Å²) in [7, 11) is 0. The molecular weight excluding hydrogens is 316 g/mol. The third kappa shape index (κ3) is 3.93. The van der Waals surface area contributed by atoms with Crippen LogP contribution in [0.25, 0.3) is 6.08 Å². The number of carbonyl (C=O) groups excluding carboxylic acids is 2. The number of ether oxygens (including phenoxy) is 1. The molecule has 0 spiro atoms. The van der Waals surface area contributed by atoms with E-state index in [1.54, 1.807) is 30.3 Å². The van der Waals surface area contributed by atoms with Crippen molar-refractivity contribution in [3.05, 3.63) is 77.4 Å². The maximum Gasteiger partial charge on any atom is 0.417 e. The number of cyclic esters (lactones) is 1. The molecule has 0 saturated carbocycles. The minimum Gasteiger partial charge on any atom is -0.447 e. The second-order valence-corrected chi connectivity index (χ2v) is 5.70. The molecular formula is C20H16N2O3. The van der Waals surface area contributed by atoms with Gasteiger partial charge in [0.1, 0.15) is 6.61 Å². The van der Waals surface area contributed by atoms with Crippen LogP contribution in [0.1, 0.15) is 16.7 Å². The summed E-state index contributed by atoms with van der Waals surface area (Å²) in [5, 5.41) is 8.79. The quantitative estimate of drug-likeness (QED) is 0.806. The second kappa shape index (κ2) is 7.45. The third-order valence-electron chi connectivity index (χ3n) is 3.97. The van der Waals surface area contributed by atoms with Crippen molar-refractivity contribution in [3.63, 3.8) is 0 Å². The molecule has 5 nitrogen and oxygen atoms in total. The number of hydrogen-bond donors (Lipinski definition) is 0. The van der Waals surface area contributed by atoms with Gasteiger partial charge in [-0.1, -0.05) is 42.5 Å². The topological polar surface area (TPSA) is 70.4 Å². The zero-order chi connectivity index (χ0) is 17.6. The van der Waals surface area contributed by atoms with E-state index in [1.807, 2.05) is 36.4 Å². The minimum absolute atomic E-state index is 0.199. The summed E-state index contributed by atoms with van der Waals surface area (Å²) in [6.07, 6.45) is 2.92. The van der Waals surface area contributed by atoms with Crippen molar-refractivity contribution in [1.82, 2.24) is 4.90 Å². The number of amides is 2. The molecule has 0 aliphatic carbocycles. The highest BCUT2D eigenvalue weighted by Crippen LogP contribution is 2.18. The van der Waals surface area contributed by atoms with E-state index < -0.39 is 12.0 Å². The molecule has 0 unspecified atom stereocenters. The molecule has 124 valence electrons. The van der Waals surface area contributed by atoms with Crippen molar-refractivity contribution in [2.75, 3.05) is 6.61 Å². The molecule has 0 N–H and O–H groups in total. The first-order valence-corrected chi connectivity index (χ1v) is 7.89. The van der Waals surface area contributed by atoms with E-state index in [0.717, 1.165) is 16.0 Å². The fourth-order valence-electron chi connectivity index (χ4n) is 2.68. The van der Waals surface area contributed by atoms with Crippen molar-refractivity contribution in [2.45, 2.75) is 12.5 Å². The van der Waals surface area contributed by atoms with Gasteiger partial charge in [0, 0.05) is 6.08 Å². The average molecular weight is 332 g/mol. The molecule has 1 heterocycles. The summed E-state index contributed by atoms with van der Waals surface area (Å²) in [5.74, 6) is -0.409. The Morgan fingerprint density at radius 1 is 1.20 bits per heavy atom. The van der Waals surface area contributed by atoms with Crippen LogP contribution in [0.2, 0.25) is 0 Å². The van der Waals surface area contributed by atoms with Gasteiger partial charge in [0.2, 0.25) is 0 Å². The maximum absolute atomic E-state index is 12.4. The number of rotatable bonds is 4. The molecule has 3 rings (SSSR count). The number of hydrogen-bond acceptors (Lipinski definition) is 4. The molecule has 1 aliphatic rings. The summed E-state index contributed by atoms with van der Waals surface area (Å²) < 4.78 is 5.05. The van der Waals surface area contributed by atoms with Crippen molar-refractivity contribution in [3.8, 4) is 6.07 Å². The Labute approximate surface area is 145 Å². The Balaban J connectivity index is 1.71. The Bertz CT molecular complexity index is 835. The smallest absolute Gasteiger partial charge is 0.417 e. The average Bonchev–Trinajstić information content (AvgIpc) is 3.01. The number of nitrogens with zero attached hydrogens (tertiary/aromatic N) is 2. The molecule has 1 aliphatic heterocycles. The molecule has 2 amide bonds. The van der Waals surface area contributed by atoms with Crippen LogP contribution in [0.5, 0.6) is 0 Å². The van der Waals surface area contributed by atoms with Gasteiger partial charge in [0.25, 0.3) is 5.91 Å². The van der Waals surface area contributed by atoms with E-state index in [0.29, 0.717) is 12.0 Å². The molecule has 25 heavy (non-hydrogen) atoms. The first-order valence-electron chi connectivity index (χ1n) is 7.89. The van der Waals surface area contributed by atoms with Gasteiger partial charge in [-0.2, -0.15) is 5.26 Å². The van der Waals surface area contributed by atoms with Gasteiger partial charge in [-0.3, -0.25) is 4.79 Å². The van der Waals surface area contributed by atoms with Crippen LogP contribution in [0.4, 0.5) is 4.79 Å². The highest BCUT2D eigenvalue weighted by atomic mass is 16.6. The largest absolute Gasteiger partial charge is 0.447 e. The second-order valence-electron chi connectivity index (χ2n) is 5.70. The number of imide groups is 1. The molecule has 1 fully saturated rings. The molecule has 2 aromatic rings. The highest BCUT2D eigenvalue weighted by molar-refractivity contribution is 6.02. The number of carbonyl (C=O) groups is 2. The fourth-order valence-corrected chi connectivity index (χ4v) is 2.68. The van der Waals surface area contributed by atoms with E-state index >= 15 is 0 Å². The minimum atomic E-state index is -0.615. The Hall–Kier alpha value is -3.39. The first kappa shape index (κ1) is 16.5. The van der Waals surface area contributed by atoms with Crippen molar-refractivity contribution < 1.29 is 14.3 Å². The SMILES string of the molecule is N#Cc1ccc(/C=C/C(=O)N2C(=O)OC[C@@H]2Cc2ccccc2)cc1. The van der Waals surface area contributed by atoms with Crippen LogP contribution in [0, 0.1) is 11.3 Å². The molecule has 1 atom stereocenters. The standard InChI is InChI=1S/C20H16N2O3/c21-13-17-8-6-15(7-9-17)10-11-19(23)22-18(14-25-20(22)24)12-16-4-2-1-3-5-16/h1-11,18H,12,14H2/b11-10+/t18-/m0/s1. The molecule has 2 aromatic carbocycles. The first-order chi connectivity index (χ1) is 12.2. The third-order valence-corrected chi connectivity index (χ3v) is 3.97. The van der Waals surface area contributed by atoms with E-state index in [2.05, 4.69) is 0 Å². The molecule has 0 aromatic heterocycles. The summed E-state index contributed by atoms with van der Waals surface area (Å²) in [4.78, 5) is 25.5. The van der Waals surface area contributed by atoms with Crippen LogP contribution < -0.4 is 0 Å². The number of benzene rings is 2. The van der Waals surface area contributed by atoms with E-state index in [-0.39, 0.29) is 12.6 Å². The lowest BCUT2D eigenvalue weighted by Gasteiger charge is -2.18. The summed E-state index contributed by atoms with van der Waals surface area (Å²) in [5.41, 5.74) is 2.37. The fraction of sp³-hybridized carbons (Fsp3) is 0.150. The Morgan fingerprint density at radius 2 is 1.92 bits per heavy atom. The van der Waals surface area contributed by atoms with Crippen molar-refractivity contribution in [2.24, 2.45) is 0 Å². The summed E-state index contributed by atoms with van der Waals surface area (Å²) >= 11 is 0. The molecule has 1 saturated heterocycles. The van der Waals surface area contributed by atoms with Gasteiger partial charge in [0.15, 0.2) is 0 Å². The maximum atomic E-state index is 12.4. The Kier molecular flexibility index (Phi) is 4.91. The van der Waals surface area contributed by atoms with E-state index in [9.17, 15) is 9.59 Å². The lowest BCUT2D eigenvalue weighted by molar-refractivity contribution is -0.124. The van der Waals surface area contributed by atoms with Gasteiger partial charge in [-0.05, 0) is 35.8 Å². The number of nitriles is 1. The van der Waals surface area contributed by atoms with Crippen LogP contribution in [-0.4, -0.2) is 29.5 Å². The van der Waals surface area contributed by atoms with Crippen molar-refractivity contribution >= 4 is 18.1 Å². The van der Waals surface area contributed by atoms with Gasteiger partial charge >= 0.3 is 6.09 Å². The lowest BCUT2D eigenvalue weighted by Crippen LogP contribution is -2.39. The van der Waals surface area contributed by atoms with Gasteiger partial charge in [0.05, 0.1) is 17.7 Å². The summed E-state index contributed by atoms with van der Waals surface area (Å²) in [6, 6.07) is 18.2. The zero-order valence-electron chi connectivity index (χ0n) is 13.5. The monoisotopic (exact) mass is 332 g/mol. The lowest BCUT2D eigenvalue weighted by atomic mass is 10.1. The molecule has 0 radical (unpaired) electrons. The predicted octanol–water partition coefficient (Wildman–Crippen LogP) is 3.16. The normalized spacial score (nSPS) is 16.7. The zero-order valence-corrected chi connectivity index (χ0v) is 13.5.